The Hall–Kier alpha value is -1.80. The van der Waals surface area contributed by atoms with Crippen molar-refractivity contribution in [1.29, 1.82) is 0 Å². The van der Waals surface area contributed by atoms with E-state index in [1.54, 1.807) is 7.05 Å². The number of nitrogens with one attached hydrogen (secondary N) is 2. The van der Waals surface area contributed by atoms with Gasteiger partial charge >= 0.3 is 0 Å². The zero-order valence-electron chi connectivity index (χ0n) is 16.4. The Kier molecular flexibility index (Phi) is 7.40. The number of guanidine groups is 1. The molecule has 2 aromatic carbocycles. The van der Waals surface area contributed by atoms with E-state index in [9.17, 15) is 4.79 Å². The fourth-order valence-electron chi connectivity index (χ4n) is 3.73. The van der Waals surface area contributed by atoms with E-state index in [2.05, 4.69) is 33.8 Å². The number of rotatable bonds is 5. The molecule has 0 radical (unpaired) electrons. The highest BCUT2D eigenvalue weighted by Crippen LogP contribution is 2.41. The van der Waals surface area contributed by atoms with E-state index in [0.29, 0.717) is 24.9 Å². The van der Waals surface area contributed by atoms with Gasteiger partial charge in [0.2, 0.25) is 5.91 Å². The molecule has 29 heavy (non-hydrogen) atoms. The molecule has 0 aromatic heterocycles. The average molecular weight is 525 g/mol. The van der Waals surface area contributed by atoms with E-state index >= 15 is 0 Å². The number of aliphatic imine (C=N–C) groups is 1. The summed E-state index contributed by atoms with van der Waals surface area (Å²) in [6.45, 7) is 1.50. The van der Waals surface area contributed by atoms with Crippen LogP contribution in [-0.4, -0.2) is 31.5 Å². The number of halogens is 2. The van der Waals surface area contributed by atoms with Crippen molar-refractivity contribution >= 4 is 53.1 Å². The fourth-order valence-corrected chi connectivity index (χ4v) is 3.93. The molecule has 1 amide bonds. The molecule has 1 aliphatic heterocycles. The van der Waals surface area contributed by atoms with E-state index in [1.165, 1.54) is 5.56 Å². The van der Waals surface area contributed by atoms with Crippen molar-refractivity contribution in [1.82, 2.24) is 10.6 Å². The van der Waals surface area contributed by atoms with Crippen LogP contribution in [0.4, 0.5) is 5.69 Å². The van der Waals surface area contributed by atoms with Gasteiger partial charge in [0.1, 0.15) is 0 Å². The normalized spacial score (nSPS) is 21.0. The van der Waals surface area contributed by atoms with Crippen molar-refractivity contribution in [2.75, 3.05) is 18.5 Å². The van der Waals surface area contributed by atoms with Gasteiger partial charge in [0.25, 0.3) is 0 Å². The van der Waals surface area contributed by atoms with Crippen LogP contribution in [0.2, 0.25) is 5.02 Å². The van der Waals surface area contributed by atoms with E-state index in [0.717, 1.165) is 41.6 Å². The highest BCUT2D eigenvalue weighted by atomic mass is 127. The van der Waals surface area contributed by atoms with Gasteiger partial charge < -0.3 is 15.5 Å². The lowest BCUT2D eigenvalue weighted by Gasteiger charge is -2.16. The zero-order chi connectivity index (χ0) is 19.5. The first kappa shape index (κ1) is 21.9. The molecule has 1 saturated carbocycles. The van der Waals surface area contributed by atoms with Gasteiger partial charge in [-0.15, -0.1) is 24.0 Å². The number of carbonyl (C=O) groups is 1. The minimum absolute atomic E-state index is 0. The quantitative estimate of drug-likeness (QED) is 0.348. The van der Waals surface area contributed by atoms with Crippen molar-refractivity contribution in [2.24, 2.45) is 4.99 Å². The second-order valence-corrected chi connectivity index (χ2v) is 7.83. The predicted molar refractivity (Wildman–Crippen MR) is 129 cm³/mol. The molecule has 7 heteroatoms. The van der Waals surface area contributed by atoms with E-state index in [-0.39, 0.29) is 29.9 Å². The second kappa shape index (κ2) is 9.80. The van der Waals surface area contributed by atoms with Gasteiger partial charge in [0.15, 0.2) is 5.96 Å². The lowest BCUT2D eigenvalue weighted by Crippen LogP contribution is -2.38. The molecule has 1 heterocycles. The molecule has 2 fully saturated rings. The summed E-state index contributed by atoms with van der Waals surface area (Å²) in [5, 5.41) is 7.64. The van der Waals surface area contributed by atoms with Gasteiger partial charge in [0, 0.05) is 49.2 Å². The third-order valence-electron chi connectivity index (χ3n) is 5.39. The van der Waals surface area contributed by atoms with Crippen molar-refractivity contribution in [3.05, 3.63) is 64.7 Å². The molecule has 2 aliphatic rings. The summed E-state index contributed by atoms with van der Waals surface area (Å²) in [5.74, 6) is 1.50. The van der Waals surface area contributed by atoms with Crippen molar-refractivity contribution in [2.45, 2.75) is 37.8 Å². The largest absolute Gasteiger partial charge is 0.353 e. The summed E-state index contributed by atoms with van der Waals surface area (Å²) < 4.78 is 0. The molecule has 0 spiro atoms. The SMILES string of the molecule is CN=C(NCc1ccc(N2CCCC2=O)cc1)NC1CC1c1cccc(Cl)c1.I. The van der Waals surface area contributed by atoms with E-state index in [4.69, 9.17) is 11.6 Å². The summed E-state index contributed by atoms with van der Waals surface area (Å²) in [6, 6.07) is 16.6. The van der Waals surface area contributed by atoms with Crippen LogP contribution in [0.15, 0.2) is 53.5 Å². The second-order valence-electron chi connectivity index (χ2n) is 7.39. The van der Waals surface area contributed by atoms with Gasteiger partial charge in [0.05, 0.1) is 0 Å². The molecule has 0 bridgehead atoms. The molecule has 2 atom stereocenters. The topological polar surface area (TPSA) is 56.7 Å². The molecule has 2 N–H and O–H groups in total. The lowest BCUT2D eigenvalue weighted by atomic mass is 10.1. The number of amides is 1. The maximum Gasteiger partial charge on any atom is 0.227 e. The average Bonchev–Trinajstić information content (AvgIpc) is 3.35. The third kappa shape index (κ3) is 5.42. The Balaban J connectivity index is 0.00000240. The van der Waals surface area contributed by atoms with Crippen LogP contribution >= 0.6 is 35.6 Å². The molecular formula is C22H26ClIN4O. The number of hydrogen-bond acceptors (Lipinski definition) is 2. The van der Waals surface area contributed by atoms with Gasteiger partial charge in [-0.1, -0.05) is 35.9 Å². The Bertz CT molecular complexity index is 887. The fraction of sp³-hybridized carbons (Fsp3) is 0.364. The maximum atomic E-state index is 11.9. The Morgan fingerprint density at radius 1 is 1.24 bits per heavy atom. The molecule has 2 aromatic rings. The number of anilines is 1. The van der Waals surface area contributed by atoms with Gasteiger partial charge in [-0.05, 0) is 48.2 Å². The monoisotopic (exact) mass is 524 g/mol. The molecule has 5 nitrogen and oxygen atoms in total. The number of hydrogen-bond donors (Lipinski definition) is 2. The summed E-state index contributed by atoms with van der Waals surface area (Å²) in [7, 11) is 1.79. The van der Waals surface area contributed by atoms with E-state index in [1.807, 2.05) is 35.2 Å². The minimum Gasteiger partial charge on any atom is -0.353 e. The summed E-state index contributed by atoms with van der Waals surface area (Å²) in [4.78, 5) is 18.0. The third-order valence-corrected chi connectivity index (χ3v) is 5.63. The summed E-state index contributed by atoms with van der Waals surface area (Å²) >= 11 is 6.10. The van der Waals surface area contributed by atoms with E-state index < -0.39 is 0 Å². The van der Waals surface area contributed by atoms with Crippen LogP contribution in [0.25, 0.3) is 0 Å². The van der Waals surface area contributed by atoms with Gasteiger partial charge in [-0.25, -0.2) is 0 Å². The molecule has 4 rings (SSSR count). The Labute approximate surface area is 193 Å². The first-order chi connectivity index (χ1) is 13.6. The molecular weight excluding hydrogens is 499 g/mol. The van der Waals surface area contributed by atoms with Crippen molar-refractivity contribution < 1.29 is 4.79 Å². The Morgan fingerprint density at radius 3 is 2.69 bits per heavy atom. The maximum absolute atomic E-state index is 11.9. The predicted octanol–water partition coefficient (Wildman–Crippen LogP) is 4.31. The first-order valence-corrected chi connectivity index (χ1v) is 10.1. The van der Waals surface area contributed by atoms with Crippen molar-refractivity contribution in [3.63, 3.8) is 0 Å². The van der Waals surface area contributed by atoms with Crippen LogP contribution < -0.4 is 15.5 Å². The highest BCUT2D eigenvalue weighted by molar-refractivity contribution is 14.0. The van der Waals surface area contributed by atoms with Crippen LogP contribution in [-0.2, 0) is 11.3 Å². The number of benzene rings is 2. The van der Waals surface area contributed by atoms with Crippen LogP contribution in [0.5, 0.6) is 0 Å². The van der Waals surface area contributed by atoms with Gasteiger partial charge in [-0.2, -0.15) is 0 Å². The van der Waals surface area contributed by atoms with Crippen molar-refractivity contribution in [3.8, 4) is 0 Å². The minimum atomic E-state index is 0. The van der Waals surface area contributed by atoms with Gasteiger partial charge in [-0.3, -0.25) is 9.79 Å². The first-order valence-electron chi connectivity index (χ1n) is 9.76. The standard InChI is InChI=1S/C22H25ClN4O.HI/c1-24-22(26-20-13-19(20)16-4-2-5-17(23)12-16)25-14-15-7-9-18(10-8-15)27-11-3-6-21(27)28;/h2,4-5,7-10,12,19-20H,3,6,11,13-14H2,1H3,(H2,24,25,26);1H. The molecule has 2 unspecified atom stereocenters. The number of nitrogens with zero attached hydrogens (tertiary/aromatic N) is 2. The highest BCUT2D eigenvalue weighted by Gasteiger charge is 2.39. The summed E-state index contributed by atoms with van der Waals surface area (Å²) in [6.07, 6.45) is 2.68. The molecule has 1 saturated heterocycles. The Morgan fingerprint density at radius 2 is 2.03 bits per heavy atom. The number of carbonyl (C=O) groups excluding carboxylic acids is 1. The smallest absolute Gasteiger partial charge is 0.227 e. The zero-order valence-corrected chi connectivity index (χ0v) is 19.5. The summed E-state index contributed by atoms with van der Waals surface area (Å²) in [5.41, 5.74) is 3.41. The van der Waals surface area contributed by atoms with Crippen LogP contribution in [0.3, 0.4) is 0 Å². The van der Waals surface area contributed by atoms with Crippen LogP contribution in [0.1, 0.15) is 36.3 Å². The lowest BCUT2D eigenvalue weighted by molar-refractivity contribution is -0.117. The molecule has 154 valence electrons. The molecule has 1 aliphatic carbocycles. The van der Waals surface area contributed by atoms with Crippen LogP contribution in [0, 0.1) is 0 Å².